The van der Waals surface area contributed by atoms with E-state index in [0.717, 1.165) is 10.6 Å². The van der Waals surface area contributed by atoms with Gasteiger partial charge < -0.3 is 5.73 Å². The van der Waals surface area contributed by atoms with Crippen LogP contribution in [0.25, 0.3) is 0 Å². The molecule has 16 heavy (non-hydrogen) atoms. The lowest BCUT2D eigenvalue weighted by atomic mass is 10.0. The first kappa shape index (κ1) is 11.2. The van der Waals surface area contributed by atoms with Crippen LogP contribution >= 0.6 is 11.6 Å². The van der Waals surface area contributed by atoms with E-state index < -0.39 is 0 Å². The van der Waals surface area contributed by atoms with Gasteiger partial charge in [0.05, 0.1) is 6.04 Å². The zero-order valence-corrected chi connectivity index (χ0v) is 9.80. The first-order valence-electron chi connectivity index (χ1n) is 5.18. The molecule has 0 saturated heterocycles. The molecule has 2 N–H and O–H groups in total. The van der Waals surface area contributed by atoms with Gasteiger partial charge in [0.2, 0.25) is 0 Å². The third-order valence-corrected chi connectivity index (χ3v) is 2.77. The minimum absolute atomic E-state index is 0.0129. The SMILES string of the molecule is CC(N)C(c1ccc(Cl)cc1)n1cccn1. The fourth-order valence-electron chi connectivity index (χ4n) is 1.80. The van der Waals surface area contributed by atoms with Crippen molar-refractivity contribution in [2.45, 2.75) is 19.0 Å². The number of hydrogen-bond acceptors (Lipinski definition) is 2. The molecule has 1 aromatic carbocycles. The molecule has 0 aliphatic heterocycles. The van der Waals surface area contributed by atoms with Crippen LogP contribution in [0.1, 0.15) is 18.5 Å². The summed E-state index contributed by atoms with van der Waals surface area (Å²) in [5, 5.41) is 4.97. The van der Waals surface area contributed by atoms with Gasteiger partial charge >= 0.3 is 0 Å². The monoisotopic (exact) mass is 235 g/mol. The third kappa shape index (κ3) is 2.26. The van der Waals surface area contributed by atoms with Gasteiger partial charge in [0.1, 0.15) is 0 Å². The maximum Gasteiger partial charge on any atom is 0.0916 e. The Balaban J connectivity index is 2.37. The maximum absolute atomic E-state index is 6.00. The quantitative estimate of drug-likeness (QED) is 0.888. The first-order chi connectivity index (χ1) is 7.68. The van der Waals surface area contributed by atoms with E-state index in [2.05, 4.69) is 5.10 Å². The van der Waals surface area contributed by atoms with Gasteiger partial charge in [-0.2, -0.15) is 5.10 Å². The minimum atomic E-state index is -0.0129. The average molecular weight is 236 g/mol. The number of halogens is 1. The summed E-state index contributed by atoms with van der Waals surface area (Å²) in [7, 11) is 0. The standard InChI is InChI=1S/C12H14ClN3/c1-9(14)12(16-8-2-7-15-16)10-3-5-11(13)6-4-10/h2-9,12H,14H2,1H3. The Hall–Kier alpha value is -1.32. The fraction of sp³-hybridized carbons (Fsp3) is 0.250. The molecule has 84 valence electrons. The van der Waals surface area contributed by atoms with E-state index in [1.165, 1.54) is 0 Å². The molecule has 2 rings (SSSR count). The summed E-state index contributed by atoms with van der Waals surface area (Å²) in [6, 6.07) is 9.64. The Labute approximate surface area is 99.8 Å². The second-order valence-corrected chi connectivity index (χ2v) is 4.28. The summed E-state index contributed by atoms with van der Waals surface area (Å²) < 4.78 is 1.87. The van der Waals surface area contributed by atoms with Crippen LogP contribution in [0.15, 0.2) is 42.7 Å². The van der Waals surface area contributed by atoms with Gasteiger partial charge in [-0.1, -0.05) is 23.7 Å². The predicted octanol–water partition coefficient (Wildman–Crippen LogP) is 2.47. The van der Waals surface area contributed by atoms with Gasteiger partial charge in [0, 0.05) is 23.5 Å². The number of nitrogens with two attached hydrogens (primary N) is 1. The molecule has 1 heterocycles. The highest BCUT2D eigenvalue weighted by Gasteiger charge is 2.18. The van der Waals surface area contributed by atoms with Gasteiger partial charge in [0.25, 0.3) is 0 Å². The molecular weight excluding hydrogens is 222 g/mol. The van der Waals surface area contributed by atoms with Crippen LogP contribution in [0, 0.1) is 0 Å². The molecule has 0 aliphatic carbocycles. The lowest BCUT2D eigenvalue weighted by molar-refractivity contribution is 0.454. The number of nitrogens with zero attached hydrogens (tertiary/aromatic N) is 2. The van der Waals surface area contributed by atoms with Crippen LogP contribution in [0.3, 0.4) is 0 Å². The van der Waals surface area contributed by atoms with Crippen molar-refractivity contribution in [1.29, 1.82) is 0 Å². The largest absolute Gasteiger partial charge is 0.326 e. The maximum atomic E-state index is 6.00. The Morgan fingerprint density at radius 3 is 2.50 bits per heavy atom. The highest BCUT2D eigenvalue weighted by atomic mass is 35.5. The molecule has 0 fully saturated rings. The smallest absolute Gasteiger partial charge is 0.0916 e. The van der Waals surface area contributed by atoms with E-state index in [4.69, 9.17) is 17.3 Å². The summed E-state index contributed by atoms with van der Waals surface area (Å²) in [5.41, 5.74) is 7.12. The fourth-order valence-corrected chi connectivity index (χ4v) is 1.93. The highest BCUT2D eigenvalue weighted by molar-refractivity contribution is 6.30. The van der Waals surface area contributed by atoms with Crippen molar-refractivity contribution in [2.75, 3.05) is 0 Å². The molecule has 4 heteroatoms. The summed E-state index contributed by atoms with van der Waals surface area (Å²) >= 11 is 5.87. The molecule has 1 aromatic heterocycles. The Kier molecular flexibility index (Phi) is 3.27. The van der Waals surface area contributed by atoms with Crippen molar-refractivity contribution in [3.8, 4) is 0 Å². The number of benzene rings is 1. The zero-order chi connectivity index (χ0) is 11.5. The van der Waals surface area contributed by atoms with E-state index in [0.29, 0.717) is 0 Å². The van der Waals surface area contributed by atoms with E-state index in [9.17, 15) is 0 Å². The van der Waals surface area contributed by atoms with Crippen molar-refractivity contribution >= 4 is 11.6 Å². The van der Waals surface area contributed by atoms with Crippen molar-refractivity contribution < 1.29 is 0 Å². The first-order valence-corrected chi connectivity index (χ1v) is 5.56. The van der Waals surface area contributed by atoms with Crippen LogP contribution in [0.5, 0.6) is 0 Å². The molecule has 3 nitrogen and oxygen atoms in total. The summed E-state index contributed by atoms with van der Waals surface area (Å²) in [6.45, 7) is 1.97. The summed E-state index contributed by atoms with van der Waals surface area (Å²) in [6.07, 6.45) is 3.67. The Morgan fingerprint density at radius 1 is 1.31 bits per heavy atom. The lowest BCUT2D eigenvalue weighted by Gasteiger charge is -2.21. The topological polar surface area (TPSA) is 43.8 Å². The van der Waals surface area contributed by atoms with Crippen LogP contribution in [0.4, 0.5) is 0 Å². The second-order valence-electron chi connectivity index (χ2n) is 3.84. The average Bonchev–Trinajstić information content (AvgIpc) is 2.74. The van der Waals surface area contributed by atoms with Gasteiger partial charge in [-0.15, -0.1) is 0 Å². The minimum Gasteiger partial charge on any atom is -0.326 e. The van der Waals surface area contributed by atoms with Gasteiger partial charge in [0.15, 0.2) is 0 Å². The van der Waals surface area contributed by atoms with Gasteiger partial charge in [-0.05, 0) is 30.7 Å². The molecule has 2 unspecified atom stereocenters. The predicted molar refractivity (Wildman–Crippen MR) is 65.5 cm³/mol. The van der Waals surface area contributed by atoms with E-state index in [-0.39, 0.29) is 12.1 Å². The number of rotatable bonds is 3. The highest BCUT2D eigenvalue weighted by Crippen LogP contribution is 2.22. The van der Waals surface area contributed by atoms with E-state index in [1.54, 1.807) is 6.20 Å². The van der Waals surface area contributed by atoms with Gasteiger partial charge in [-0.3, -0.25) is 4.68 Å². The van der Waals surface area contributed by atoms with E-state index >= 15 is 0 Å². The number of aromatic nitrogens is 2. The molecule has 0 spiro atoms. The number of hydrogen-bond donors (Lipinski definition) is 1. The summed E-state index contributed by atoms with van der Waals surface area (Å²) in [4.78, 5) is 0. The normalized spacial score (nSPS) is 14.7. The molecule has 0 bridgehead atoms. The molecule has 0 saturated carbocycles. The van der Waals surface area contributed by atoms with Crippen molar-refractivity contribution in [1.82, 2.24) is 9.78 Å². The Bertz CT molecular complexity index is 434. The van der Waals surface area contributed by atoms with E-state index in [1.807, 2.05) is 48.1 Å². The van der Waals surface area contributed by atoms with Crippen LogP contribution in [-0.2, 0) is 0 Å². The molecule has 2 aromatic rings. The van der Waals surface area contributed by atoms with Crippen molar-refractivity contribution in [2.24, 2.45) is 5.73 Å². The lowest BCUT2D eigenvalue weighted by Crippen LogP contribution is -2.30. The van der Waals surface area contributed by atoms with Crippen LogP contribution in [-0.4, -0.2) is 15.8 Å². The van der Waals surface area contributed by atoms with Crippen molar-refractivity contribution in [3.63, 3.8) is 0 Å². The summed E-state index contributed by atoms with van der Waals surface area (Å²) in [5.74, 6) is 0. The van der Waals surface area contributed by atoms with Gasteiger partial charge in [-0.25, -0.2) is 0 Å². The van der Waals surface area contributed by atoms with Crippen molar-refractivity contribution in [3.05, 3.63) is 53.3 Å². The van der Waals surface area contributed by atoms with Crippen LogP contribution < -0.4 is 5.73 Å². The third-order valence-electron chi connectivity index (χ3n) is 2.52. The molecule has 2 atom stereocenters. The molecular formula is C12H14ClN3. The second kappa shape index (κ2) is 4.68. The molecule has 0 aliphatic rings. The van der Waals surface area contributed by atoms with Crippen LogP contribution in [0.2, 0.25) is 5.02 Å². The molecule has 0 radical (unpaired) electrons. The zero-order valence-electron chi connectivity index (χ0n) is 9.05. The molecule has 0 amide bonds. The Morgan fingerprint density at radius 2 is 2.00 bits per heavy atom.